The van der Waals surface area contributed by atoms with Crippen LogP contribution in [0, 0.1) is 5.82 Å². The van der Waals surface area contributed by atoms with Crippen molar-refractivity contribution in [2.75, 3.05) is 19.5 Å². The predicted molar refractivity (Wildman–Crippen MR) is 130 cm³/mol. The fourth-order valence-electron chi connectivity index (χ4n) is 5.51. The molecule has 0 saturated heterocycles. The highest BCUT2D eigenvalue weighted by Crippen LogP contribution is 2.50. The lowest BCUT2D eigenvalue weighted by Crippen LogP contribution is -2.44. The molecule has 0 bridgehead atoms. The van der Waals surface area contributed by atoms with Gasteiger partial charge in [0.15, 0.2) is 17.2 Å². The first-order valence-electron chi connectivity index (χ1n) is 11.7. The number of nitrogens with zero attached hydrogens (tertiary/aromatic N) is 2. The minimum absolute atomic E-state index is 0.00579. The predicted octanol–water partition coefficient (Wildman–Crippen LogP) is 1.48. The molecule has 0 spiro atoms. The van der Waals surface area contributed by atoms with Crippen LogP contribution in [0.25, 0.3) is 22.3 Å². The van der Waals surface area contributed by atoms with E-state index in [-0.39, 0.29) is 36.4 Å². The lowest BCUT2D eigenvalue weighted by Gasteiger charge is -2.31. The van der Waals surface area contributed by atoms with E-state index in [4.69, 9.17) is 14.5 Å². The molecule has 37 heavy (non-hydrogen) atoms. The summed E-state index contributed by atoms with van der Waals surface area (Å²) in [5.41, 5.74) is 0.350. The number of fused-ring (bicyclic) bond motifs is 5. The lowest BCUT2D eigenvalue weighted by atomic mass is 9.86. The maximum absolute atomic E-state index is 15.0. The van der Waals surface area contributed by atoms with Crippen LogP contribution in [-0.4, -0.2) is 51.1 Å². The number of aliphatic hydroxyl groups is 2. The van der Waals surface area contributed by atoms with E-state index in [0.29, 0.717) is 44.1 Å². The number of rotatable bonds is 4. The molecule has 3 N–H and O–H groups in total. The van der Waals surface area contributed by atoms with E-state index in [9.17, 15) is 29.0 Å². The highest BCUT2D eigenvalue weighted by molar-refractivity contribution is 7.99. The number of esters is 1. The smallest absolute Gasteiger partial charge is 0.343 e. The van der Waals surface area contributed by atoms with Gasteiger partial charge in [-0.2, -0.15) is 0 Å². The molecule has 0 fully saturated rings. The monoisotopic (exact) mass is 527 g/mol. The second kappa shape index (κ2) is 8.27. The van der Waals surface area contributed by atoms with Gasteiger partial charge in [0.25, 0.3) is 5.56 Å². The van der Waals surface area contributed by atoms with Crippen molar-refractivity contribution >= 4 is 34.5 Å². The fourth-order valence-corrected chi connectivity index (χ4v) is 6.76. The van der Waals surface area contributed by atoms with Crippen molar-refractivity contribution in [2.24, 2.45) is 0 Å². The molecular formula is C25H22FN3O7S. The zero-order valence-corrected chi connectivity index (χ0v) is 20.7. The number of ether oxygens (including phenoxy) is 2. The first-order chi connectivity index (χ1) is 17.7. The van der Waals surface area contributed by atoms with E-state index in [2.05, 4.69) is 5.32 Å². The maximum atomic E-state index is 15.0. The Balaban J connectivity index is 1.67. The number of benzene rings is 1. The van der Waals surface area contributed by atoms with Crippen LogP contribution >= 0.6 is 11.8 Å². The summed E-state index contributed by atoms with van der Waals surface area (Å²) in [5, 5.41) is 23.9. The number of cyclic esters (lactones) is 1. The molecule has 1 aromatic carbocycles. The van der Waals surface area contributed by atoms with E-state index in [0.717, 1.165) is 0 Å². The second-order valence-electron chi connectivity index (χ2n) is 9.16. The number of aliphatic hydroxyl groups excluding tert-OH is 1. The van der Waals surface area contributed by atoms with E-state index in [1.807, 2.05) is 0 Å². The molecule has 3 aromatic rings. The zero-order chi connectivity index (χ0) is 26.2. The van der Waals surface area contributed by atoms with Crippen LogP contribution in [0.5, 0.6) is 5.75 Å². The number of halogens is 1. The molecule has 3 aliphatic heterocycles. The minimum Gasteiger partial charge on any atom is -0.492 e. The van der Waals surface area contributed by atoms with Gasteiger partial charge in [-0.25, -0.2) is 14.2 Å². The highest BCUT2D eigenvalue weighted by atomic mass is 32.2. The number of thioether (sulfide) groups is 1. The van der Waals surface area contributed by atoms with Crippen LogP contribution in [0.4, 0.5) is 4.39 Å². The van der Waals surface area contributed by atoms with Crippen molar-refractivity contribution < 1.29 is 33.7 Å². The Labute approximate surface area is 213 Å². The SMILES string of the molecule is CC[C@@]1(O)C(=O)OCc2c1cc1n(c2=O)Cc2c-1nc1cc(F)c(OC)c3c1c2[C@@H](NC(=O)CO)CS3. The number of nitrogens with one attached hydrogen (secondary N) is 1. The Morgan fingerprint density at radius 2 is 2.16 bits per heavy atom. The number of pyridine rings is 2. The molecule has 192 valence electrons. The maximum Gasteiger partial charge on any atom is 0.343 e. The van der Waals surface area contributed by atoms with Crippen LogP contribution in [0.1, 0.15) is 41.6 Å². The number of aromatic nitrogens is 2. The highest BCUT2D eigenvalue weighted by Gasteiger charge is 2.46. The molecule has 0 unspecified atom stereocenters. The first kappa shape index (κ1) is 23.9. The third kappa shape index (κ3) is 3.19. The number of carbonyl (C=O) groups excluding carboxylic acids is 2. The van der Waals surface area contributed by atoms with Crippen molar-refractivity contribution in [2.45, 2.75) is 43.0 Å². The number of hydrogen-bond donors (Lipinski definition) is 3. The van der Waals surface area contributed by atoms with Gasteiger partial charge in [0.05, 0.1) is 47.1 Å². The van der Waals surface area contributed by atoms with E-state index in [1.165, 1.54) is 29.5 Å². The van der Waals surface area contributed by atoms with Gasteiger partial charge in [0.2, 0.25) is 5.91 Å². The van der Waals surface area contributed by atoms with Crippen molar-refractivity contribution in [3.05, 3.63) is 50.6 Å². The fraction of sp³-hybridized carbons (Fsp3) is 0.360. The van der Waals surface area contributed by atoms with Crippen molar-refractivity contribution in [3.63, 3.8) is 0 Å². The molecule has 6 rings (SSSR count). The lowest BCUT2D eigenvalue weighted by molar-refractivity contribution is -0.172. The van der Waals surface area contributed by atoms with Crippen molar-refractivity contribution in [1.82, 2.24) is 14.9 Å². The van der Waals surface area contributed by atoms with Crippen LogP contribution in [-0.2, 0) is 33.1 Å². The van der Waals surface area contributed by atoms with E-state index in [1.54, 1.807) is 13.0 Å². The van der Waals surface area contributed by atoms with Gasteiger partial charge in [-0.1, -0.05) is 6.92 Å². The van der Waals surface area contributed by atoms with Gasteiger partial charge in [-0.3, -0.25) is 9.59 Å². The van der Waals surface area contributed by atoms with Gasteiger partial charge in [-0.15, -0.1) is 11.8 Å². The molecule has 0 radical (unpaired) electrons. The summed E-state index contributed by atoms with van der Waals surface area (Å²) in [4.78, 5) is 43.4. The molecule has 5 heterocycles. The quantitative estimate of drug-likeness (QED) is 0.337. The summed E-state index contributed by atoms with van der Waals surface area (Å²) < 4.78 is 26.9. The molecule has 2 atom stereocenters. The summed E-state index contributed by atoms with van der Waals surface area (Å²) in [6.07, 6.45) is 0.00579. The number of hydrogen-bond acceptors (Lipinski definition) is 9. The summed E-state index contributed by atoms with van der Waals surface area (Å²) in [5.74, 6) is -1.59. The zero-order valence-electron chi connectivity index (χ0n) is 19.9. The molecule has 1 amide bonds. The summed E-state index contributed by atoms with van der Waals surface area (Å²) in [7, 11) is 1.37. The number of carbonyl (C=O) groups is 2. The van der Waals surface area contributed by atoms with Crippen LogP contribution in [0.15, 0.2) is 21.8 Å². The largest absolute Gasteiger partial charge is 0.492 e. The molecule has 3 aliphatic rings. The van der Waals surface area contributed by atoms with Crippen LogP contribution < -0.4 is 15.6 Å². The second-order valence-corrected chi connectivity index (χ2v) is 10.2. The first-order valence-corrected chi connectivity index (χ1v) is 12.6. The van der Waals surface area contributed by atoms with Gasteiger partial charge < -0.3 is 29.6 Å². The molecule has 2 aromatic heterocycles. The third-order valence-electron chi connectivity index (χ3n) is 7.31. The normalized spacial score (nSPS) is 21.2. The summed E-state index contributed by atoms with van der Waals surface area (Å²) in [6.45, 7) is 0.775. The van der Waals surface area contributed by atoms with E-state index < -0.39 is 41.5 Å². The molecule has 0 aliphatic carbocycles. The topological polar surface area (TPSA) is 140 Å². The summed E-state index contributed by atoms with van der Waals surface area (Å²) in [6, 6.07) is 2.28. The van der Waals surface area contributed by atoms with Crippen molar-refractivity contribution in [3.8, 4) is 17.1 Å². The molecular weight excluding hydrogens is 505 g/mol. The Kier molecular flexibility index (Phi) is 5.34. The van der Waals surface area contributed by atoms with Gasteiger partial charge in [-0.05, 0) is 18.1 Å². The average Bonchev–Trinajstić information content (AvgIpc) is 3.26. The Morgan fingerprint density at radius 1 is 1.38 bits per heavy atom. The van der Waals surface area contributed by atoms with Gasteiger partial charge in [0, 0.05) is 28.3 Å². The standard InChI is InChI=1S/C25H22FN3O7S/c1-3-25(34)12-4-16-20-10(6-29(16)23(32)11(12)8-36-24(25)33)18-15(27-17(31)7-30)9-37-22-19(18)14(28-20)5-13(26)21(22)35-2/h4-5,15,30,34H,3,6-9H2,1-2H3,(H,27,31)/t15-,25-/m0/s1. The minimum atomic E-state index is -1.98. The third-order valence-corrected chi connectivity index (χ3v) is 8.49. The Morgan fingerprint density at radius 3 is 2.86 bits per heavy atom. The van der Waals surface area contributed by atoms with E-state index >= 15 is 0 Å². The van der Waals surface area contributed by atoms with Crippen molar-refractivity contribution in [1.29, 1.82) is 0 Å². The molecule has 12 heteroatoms. The number of methoxy groups -OCH3 is 1. The Bertz CT molecular complexity index is 1600. The number of amides is 1. The van der Waals surface area contributed by atoms with Crippen LogP contribution in [0.2, 0.25) is 0 Å². The molecule has 0 saturated carbocycles. The van der Waals surface area contributed by atoms with Gasteiger partial charge >= 0.3 is 5.97 Å². The summed E-state index contributed by atoms with van der Waals surface area (Å²) >= 11 is 1.31. The Hall–Kier alpha value is -3.48. The molecule has 10 nitrogen and oxygen atoms in total. The van der Waals surface area contributed by atoms with Gasteiger partial charge in [0.1, 0.15) is 13.2 Å². The van der Waals surface area contributed by atoms with Crippen LogP contribution in [0.3, 0.4) is 0 Å². The average molecular weight is 528 g/mol.